The predicted molar refractivity (Wildman–Crippen MR) is 67.7 cm³/mol. The summed E-state index contributed by atoms with van der Waals surface area (Å²) in [4.78, 5) is 11.4. The highest BCUT2D eigenvalue weighted by atomic mass is 32.2. The lowest BCUT2D eigenvalue weighted by Gasteiger charge is -2.08. The Morgan fingerprint density at radius 2 is 2.05 bits per heavy atom. The number of ether oxygens (including phenoxy) is 1. The van der Waals surface area contributed by atoms with Gasteiger partial charge in [0.05, 0.1) is 17.1 Å². The minimum Gasteiger partial charge on any atom is -0.462 e. The van der Waals surface area contributed by atoms with E-state index in [9.17, 15) is 17.6 Å². The number of benzene rings is 1. The zero-order chi connectivity index (χ0) is 14.6. The number of primary sulfonamides is 1. The fourth-order valence-electron chi connectivity index (χ4n) is 1.44. The molecular weight excluding hydrogens is 273 g/mol. The summed E-state index contributed by atoms with van der Waals surface area (Å²) in [6.45, 7) is 3.43. The lowest BCUT2D eigenvalue weighted by atomic mass is 10.1. The first kappa shape index (κ1) is 15.6. The van der Waals surface area contributed by atoms with Crippen LogP contribution in [-0.4, -0.2) is 21.0 Å². The number of unbranched alkanes of at least 4 members (excludes halogenated alkanes) is 1. The number of aryl methyl sites for hydroxylation is 1. The lowest BCUT2D eigenvalue weighted by molar-refractivity contribution is 0.0494. The second-order valence-corrected chi connectivity index (χ2v) is 5.70. The molecule has 0 aliphatic rings. The normalized spacial score (nSPS) is 11.4. The Kier molecular flexibility index (Phi) is 5.02. The van der Waals surface area contributed by atoms with Crippen molar-refractivity contribution in [2.75, 3.05) is 6.61 Å². The molecule has 0 fully saturated rings. The molecule has 0 unspecified atom stereocenters. The molecule has 0 aliphatic carbocycles. The quantitative estimate of drug-likeness (QED) is 0.660. The van der Waals surface area contributed by atoms with Crippen molar-refractivity contribution < 1.29 is 22.3 Å². The lowest BCUT2D eigenvalue weighted by Crippen LogP contribution is -2.16. The van der Waals surface area contributed by atoms with Gasteiger partial charge >= 0.3 is 5.97 Å². The predicted octanol–water partition coefficient (Wildman–Crippen LogP) is 1.74. The van der Waals surface area contributed by atoms with Crippen molar-refractivity contribution in [2.45, 2.75) is 31.6 Å². The number of hydrogen-bond donors (Lipinski definition) is 1. The number of rotatable bonds is 5. The van der Waals surface area contributed by atoms with E-state index in [-0.39, 0.29) is 17.1 Å². The summed E-state index contributed by atoms with van der Waals surface area (Å²) >= 11 is 0. The molecule has 5 nitrogen and oxygen atoms in total. The van der Waals surface area contributed by atoms with Gasteiger partial charge in [0.2, 0.25) is 10.0 Å². The van der Waals surface area contributed by atoms with Gasteiger partial charge in [-0.15, -0.1) is 0 Å². The van der Waals surface area contributed by atoms with Crippen LogP contribution in [0, 0.1) is 12.7 Å². The van der Waals surface area contributed by atoms with E-state index in [1.807, 2.05) is 6.92 Å². The van der Waals surface area contributed by atoms with Gasteiger partial charge in [0.15, 0.2) is 0 Å². The maximum absolute atomic E-state index is 13.8. The van der Waals surface area contributed by atoms with Gasteiger partial charge in [-0.3, -0.25) is 0 Å². The Hall–Kier alpha value is -1.47. The smallest absolute Gasteiger partial charge is 0.341 e. The van der Waals surface area contributed by atoms with Crippen molar-refractivity contribution in [1.82, 2.24) is 0 Å². The molecule has 0 saturated carbocycles. The number of sulfonamides is 1. The van der Waals surface area contributed by atoms with E-state index in [1.54, 1.807) is 0 Å². The number of esters is 1. The molecule has 0 atom stereocenters. The Balaban J connectivity index is 3.13. The highest BCUT2D eigenvalue weighted by Crippen LogP contribution is 2.19. The first-order chi connectivity index (χ1) is 8.77. The molecule has 106 valence electrons. The molecule has 0 amide bonds. The van der Waals surface area contributed by atoms with Gasteiger partial charge < -0.3 is 4.74 Å². The monoisotopic (exact) mass is 289 g/mol. The molecule has 0 saturated heterocycles. The summed E-state index contributed by atoms with van der Waals surface area (Å²) in [6.07, 6.45) is 1.48. The van der Waals surface area contributed by atoms with Crippen molar-refractivity contribution >= 4 is 16.0 Å². The topological polar surface area (TPSA) is 86.5 Å². The molecule has 19 heavy (non-hydrogen) atoms. The van der Waals surface area contributed by atoms with E-state index >= 15 is 0 Å². The molecule has 0 spiro atoms. The average molecular weight is 289 g/mol. The first-order valence-corrected chi connectivity index (χ1v) is 7.32. The van der Waals surface area contributed by atoms with Gasteiger partial charge in [0.1, 0.15) is 5.82 Å². The second kappa shape index (κ2) is 6.12. The molecule has 0 aromatic heterocycles. The Bertz CT molecular complexity index is 584. The Morgan fingerprint density at radius 3 is 2.58 bits per heavy atom. The van der Waals surface area contributed by atoms with Crippen LogP contribution in [-0.2, 0) is 14.8 Å². The van der Waals surface area contributed by atoms with Crippen LogP contribution in [0.5, 0.6) is 0 Å². The highest BCUT2D eigenvalue weighted by molar-refractivity contribution is 7.89. The maximum atomic E-state index is 13.8. The number of carbonyl (C=O) groups is 1. The van der Waals surface area contributed by atoms with E-state index in [0.29, 0.717) is 6.42 Å². The molecule has 1 aromatic carbocycles. The van der Waals surface area contributed by atoms with Gasteiger partial charge in [0.25, 0.3) is 0 Å². The van der Waals surface area contributed by atoms with E-state index < -0.39 is 27.4 Å². The number of hydrogen-bond acceptors (Lipinski definition) is 4. The zero-order valence-corrected chi connectivity index (χ0v) is 11.6. The minimum absolute atomic E-state index is 0.0222. The van der Waals surface area contributed by atoms with Crippen LogP contribution >= 0.6 is 0 Å². The van der Waals surface area contributed by atoms with Gasteiger partial charge in [-0.05, 0) is 31.0 Å². The van der Waals surface area contributed by atoms with Gasteiger partial charge in [-0.25, -0.2) is 22.7 Å². The van der Waals surface area contributed by atoms with Crippen LogP contribution in [0.25, 0.3) is 0 Å². The molecule has 0 radical (unpaired) electrons. The van der Waals surface area contributed by atoms with Crippen LogP contribution in [0.3, 0.4) is 0 Å². The van der Waals surface area contributed by atoms with Crippen molar-refractivity contribution in [1.29, 1.82) is 0 Å². The standard InChI is InChI=1S/C12H16FNO4S/c1-3-4-5-18-12(15)10-7-9(19(14,16)17)6-8(2)11(10)13/h6-7H,3-5H2,1-2H3,(H2,14,16,17). The summed E-state index contributed by atoms with van der Waals surface area (Å²) in [5.74, 6) is -1.69. The van der Waals surface area contributed by atoms with Gasteiger partial charge in [-0.1, -0.05) is 13.3 Å². The van der Waals surface area contributed by atoms with E-state index in [2.05, 4.69) is 0 Å². The first-order valence-electron chi connectivity index (χ1n) is 5.77. The summed E-state index contributed by atoms with van der Waals surface area (Å²) in [5.41, 5.74) is -0.394. The molecule has 0 heterocycles. The fourth-order valence-corrected chi connectivity index (χ4v) is 2.06. The maximum Gasteiger partial charge on any atom is 0.341 e. The number of halogens is 1. The third-order valence-electron chi connectivity index (χ3n) is 2.51. The van der Waals surface area contributed by atoms with Crippen molar-refractivity contribution in [3.63, 3.8) is 0 Å². The van der Waals surface area contributed by atoms with Crippen LogP contribution in [0.2, 0.25) is 0 Å². The van der Waals surface area contributed by atoms with Crippen LogP contribution in [0.15, 0.2) is 17.0 Å². The molecular formula is C12H16FNO4S. The van der Waals surface area contributed by atoms with Crippen LogP contribution in [0.1, 0.15) is 35.7 Å². The summed E-state index contributed by atoms with van der Waals surface area (Å²) in [6, 6.07) is 1.97. The molecule has 0 bridgehead atoms. The molecule has 7 heteroatoms. The minimum atomic E-state index is -4.00. The molecule has 1 aromatic rings. The Labute approximate surface area is 111 Å². The van der Waals surface area contributed by atoms with E-state index in [1.165, 1.54) is 6.92 Å². The third-order valence-corrected chi connectivity index (χ3v) is 3.40. The highest BCUT2D eigenvalue weighted by Gasteiger charge is 2.20. The van der Waals surface area contributed by atoms with Crippen molar-refractivity contribution in [2.24, 2.45) is 5.14 Å². The molecule has 2 N–H and O–H groups in total. The van der Waals surface area contributed by atoms with Crippen LogP contribution in [0.4, 0.5) is 4.39 Å². The zero-order valence-electron chi connectivity index (χ0n) is 10.8. The van der Waals surface area contributed by atoms with Crippen molar-refractivity contribution in [3.05, 3.63) is 29.1 Å². The summed E-state index contributed by atoms with van der Waals surface area (Å²) in [7, 11) is -4.00. The van der Waals surface area contributed by atoms with Gasteiger partial charge in [-0.2, -0.15) is 0 Å². The average Bonchev–Trinajstić information content (AvgIpc) is 2.31. The number of nitrogens with two attached hydrogens (primary N) is 1. The third kappa shape index (κ3) is 4.00. The second-order valence-electron chi connectivity index (χ2n) is 4.14. The van der Waals surface area contributed by atoms with Gasteiger partial charge in [0, 0.05) is 0 Å². The SMILES string of the molecule is CCCCOC(=O)c1cc(S(N)(=O)=O)cc(C)c1F. The van der Waals surface area contributed by atoms with Crippen molar-refractivity contribution in [3.8, 4) is 0 Å². The van der Waals surface area contributed by atoms with E-state index in [0.717, 1.165) is 18.6 Å². The Morgan fingerprint density at radius 1 is 1.42 bits per heavy atom. The molecule has 0 aliphatic heterocycles. The summed E-state index contributed by atoms with van der Waals surface area (Å²) in [5, 5.41) is 4.96. The number of carbonyl (C=O) groups excluding carboxylic acids is 1. The molecule has 1 rings (SSSR count). The summed E-state index contributed by atoms with van der Waals surface area (Å²) < 4.78 is 41.1. The van der Waals surface area contributed by atoms with E-state index in [4.69, 9.17) is 9.88 Å². The van der Waals surface area contributed by atoms with Crippen LogP contribution < -0.4 is 5.14 Å². The fraction of sp³-hybridized carbons (Fsp3) is 0.417. The largest absolute Gasteiger partial charge is 0.462 e.